The Morgan fingerprint density at radius 1 is 1.09 bits per heavy atom. The molecule has 2 heterocycles. The predicted octanol–water partition coefficient (Wildman–Crippen LogP) is 4.86. The molecule has 0 bridgehead atoms. The largest absolute Gasteiger partial charge is 0.344 e. The summed E-state index contributed by atoms with van der Waals surface area (Å²) in [5.41, 5.74) is 2.35. The molecular formula is C26H32N2O3S. The number of unbranched alkanes of at least 4 members (excludes halogenated alkanes) is 1. The van der Waals surface area contributed by atoms with E-state index in [-0.39, 0.29) is 48.6 Å². The zero-order valence-electron chi connectivity index (χ0n) is 18.7. The van der Waals surface area contributed by atoms with Gasteiger partial charge in [-0.05, 0) is 48.3 Å². The maximum absolute atomic E-state index is 12.9. The van der Waals surface area contributed by atoms with Crippen LogP contribution < -0.4 is 5.32 Å². The molecular weight excluding hydrogens is 420 g/mol. The molecule has 3 unspecified atom stereocenters. The van der Waals surface area contributed by atoms with Crippen molar-refractivity contribution in [1.82, 2.24) is 10.2 Å². The molecule has 1 saturated carbocycles. The van der Waals surface area contributed by atoms with E-state index in [1.165, 1.54) is 23.3 Å². The minimum absolute atomic E-state index is 0.0787. The van der Waals surface area contributed by atoms with Crippen LogP contribution >= 0.6 is 11.3 Å². The van der Waals surface area contributed by atoms with Crippen molar-refractivity contribution in [2.24, 2.45) is 11.8 Å². The Morgan fingerprint density at radius 3 is 2.38 bits per heavy atom. The number of hydrogen-bond donors (Lipinski definition) is 1. The fourth-order valence-electron chi connectivity index (χ4n) is 4.93. The average Bonchev–Trinajstić information content (AvgIpc) is 3.43. The maximum atomic E-state index is 12.9. The number of benzene rings is 1. The van der Waals surface area contributed by atoms with Crippen LogP contribution in [-0.4, -0.2) is 29.2 Å². The number of likely N-dealkylation sites (tertiary alicyclic amines) is 1. The van der Waals surface area contributed by atoms with Crippen molar-refractivity contribution in [2.75, 3.05) is 6.54 Å². The highest BCUT2D eigenvalue weighted by atomic mass is 32.1. The molecule has 1 saturated heterocycles. The summed E-state index contributed by atoms with van der Waals surface area (Å²) >= 11 is 1.61. The van der Waals surface area contributed by atoms with Gasteiger partial charge in [-0.1, -0.05) is 56.5 Å². The minimum atomic E-state index is -0.227. The number of hydrogen-bond acceptors (Lipinski definition) is 4. The Hall–Kier alpha value is -2.47. The van der Waals surface area contributed by atoms with E-state index in [1.54, 1.807) is 11.3 Å². The normalized spacial score (nSPS) is 21.5. The van der Waals surface area contributed by atoms with Gasteiger partial charge in [0.15, 0.2) is 0 Å². The third kappa shape index (κ3) is 4.96. The lowest BCUT2D eigenvalue weighted by Crippen LogP contribution is -2.36. The highest BCUT2D eigenvalue weighted by Gasteiger charge is 2.47. The van der Waals surface area contributed by atoms with Crippen LogP contribution in [-0.2, 0) is 20.8 Å². The average molecular weight is 453 g/mol. The van der Waals surface area contributed by atoms with Gasteiger partial charge in [-0.25, -0.2) is 0 Å². The fourth-order valence-corrected chi connectivity index (χ4v) is 5.73. The summed E-state index contributed by atoms with van der Waals surface area (Å²) in [5, 5.41) is 5.14. The third-order valence-corrected chi connectivity index (χ3v) is 7.70. The van der Waals surface area contributed by atoms with Crippen LogP contribution in [0.3, 0.4) is 0 Å². The Morgan fingerprint density at radius 2 is 1.78 bits per heavy atom. The number of imide groups is 1. The number of rotatable bonds is 9. The van der Waals surface area contributed by atoms with Crippen molar-refractivity contribution in [3.8, 4) is 0 Å². The first-order chi connectivity index (χ1) is 15.6. The van der Waals surface area contributed by atoms with Gasteiger partial charge >= 0.3 is 0 Å². The number of nitrogens with one attached hydrogen (secondary N) is 1. The molecule has 6 heteroatoms. The Kier molecular flexibility index (Phi) is 7.40. The molecule has 1 aliphatic carbocycles. The number of carbonyl (C=O) groups excluding carboxylic acids is 3. The second-order valence-corrected chi connectivity index (χ2v) is 9.92. The molecule has 1 aromatic heterocycles. The number of thiophene rings is 1. The molecule has 170 valence electrons. The van der Waals surface area contributed by atoms with E-state index in [0.29, 0.717) is 0 Å². The Balaban J connectivity index is 1.40. The number of amides is 3. The first-order valence-electron chi connectivity index (χ1n) is 11.8. The molecule has 4 rings (SSSR count). The van der Waals surface area contributed by atoms with Gasteiger partial charge in [0, 0.05) is 17.8 Å². The van der Waals surface area contributed by atoms with Gasteiger partial charge in [0.05, 0.1) is 17.9 Å². The van der Waals surface area contributed by atoms with Crippen LogP contribution in [0, 0.1) is 11.8 Å². The zero-order chi connectivity index (χ0) is 22.5. The van der Waals surface area contributed by atoms with E-state index >= 15 is 0 Å². The van der Waals surface area contributed by atoms with Gasteiger partial charge in [-0.15, -0.1) is 11.3 Å². The van der Waals surface area contributed by atoms with E-state index in [0.717, 1.165) is 42.5 Å². The molecule has 0 radical (unpaired) electrons. The molecule has 5 nitrogen and oxygen atoms in total. The van der Waals surface area contributed by atoms with Crippen LogP contribution in [0.5, 0.6) is 0 Å². The van der Waals surface area contributed by atoms with Crippen molar-refractivity contribution < 1.29 is 14.4 Å². The molecule has 1 N–H and O–H groups in total. The van der Waals surface area contributed by atoms with Crippen LogP contribution in [0.4, 0.5) is 0 Å². The smallest absolute Gasteiger partial charge is 0.233 e. The standard InChI is InChI=1S/C26H32N2O3S/c1-2-3-7-18-11-13-19(14-12-18)24(22-10-6-17-32-22)27-23(29)15-16-28-25(30)20-8-4-5-9-21(20)26(28)31/h6,10-14,17,20-21,24H,2-5,7-9,15-16H2,1H3,(H,27,29). The molecule has 2 aliphatic rings. The van der Waals surface area contributed by atoms with Gasteiger partial charge < -0.3 is 5.32 Å². The highest BCUT2D eigenvalue weighted by molar-refractivity contribution is 7.10. The zero-order valence-corrected chi connectivity index (χ0v) is 19.5. The molecule has 2 fully saturated rings. The molecule has 1 aromatic carbocycles. The fraction of sp³-hybridized carbons (Fsp3) is 0.500. The monoisotopic (exact) mass is 452 g/mol. The molecule has 32 heavy (non-hydrogen) atoms. The number of carbonyl (C=O) groups is 3. The molecule has 3 amide bonds. The topological polar surface area (TPSA) is 66.5 Å². The summed E-state index contributed by atoms with van der Waals surface area (Å²) in [6.07, 6.45) is 7.14. The van der Waals surface area contributed by atoms with Crippen molar-refractivity contribution in [2.45, 2.75) is 64.3 Å². The second kappa shape index (κ2) is 10.4. The highest BCUT2D eigenvalue weighted by Crippen LogP contribution is 2.38. The molecule has 3 atom stereocenters. The van der Waals surface area contributed by atoms with Crippen molar-refractivity contribution in [3.05, 3.63) is 57.8 Å². The molecule has 0 spiro atoms. The number of fused-ring (bicyclic) bond motifs is 1. The van der Waals surface area contributed by atoms with Crippen LogP contribution in [0.15, 0.2) is 41.8 Å². The molecule has 2 aromatic rings. The van der Waals surface area contributed by atoms with E-state index in [9.17, 15) is 14.4 Å². The minimum Gasteiger partial charge on any atom is -0.344 e. The maximum Gasteiger partial charge on any atom is 0.233 e. The summed E-state index contributed by atoms with van der Waals surface area (Å²) < 4.78 is 0. The second-order valence-electron chi connectivity index (χ2n) is 8.94. The summed E-state index contributed by atoms with van der Waals surface area (Å²) in [6.45, 7) is 2.36. The summed E-state index contributed by atoms with van der Waals surface area (Å²) in [6, 6.07) is 12.2. The quantitative estimate of drug-likeness (QED) is 0.553. The predicted molar refractivity (Wildman–Crippen MR) is 126 cm³/mol. The van der Waals surface area contributed by atoms with Crippen LogP contribution in [0.25, 0.3) is 0 Å². The Labute approximate surface area is 194 Å². The number of aryl methyl sites for hydroxylation is 1. The third-order valence-electron chi connectivity index (χ3n) is 6.76. The molecule has 1 aliphatic heterocycles. The SMILES string of the molecule is CCCCc1ccc(C(NC(=O)CCN2C(=O)C3CCCCC3C2=O)c2cccs2)cc1. The van der Waals surface area contributed by atoms with Gasteiger partial charge in [-0.2, -0.15) is 0 Å². The van der Waals surface area contributed by atoms with Crippen molar-refractivity contribution in [1.29, 1.82) is 0 Å². The van der Waals surface area contributed by atoms with Gasteiger partial charge in [0.2, 0.25) is 17.7 Å². The van der Waals surface area contributed by atoms with Gasteiger partial charge in [-0.3, -0.25) is 19.3 Å². The van der Waals surface area contributed by atoms with Gasteiger partial charge in [0.25, 0.3) is 0 Å². The van der Waals surface area contributed by atoms with Crippen LogP contribution in [0.2, 0.25) is 0 Å². The van der Waals surface area contributed by atoms with Crippen molar-refractivity contribution >= 4 is 29.1 Å². The van der Waals surface area contributed by atoms with E-state index in [2.05, 4.69) is 36.5 Å². The van der Waals surface area contributed by atoms with Gasteiger partial charge in [0.1, 0.15) is 0 Å². The van der Waals surface area contributed by atoms with Crippen LogP contribution in [0.1, 0.15) is 73.9 Å². The lowest BCUT2D eigenvalue weighted by Gasteiger charge is -2.20. The van der Waals surface area contributed by atoms with E-state index in [4.69, 9.17) is 0 Å². The van der Waals surface area contributed by atoms with Crippen molar-refractivity contribution in [3.63, 3.8) is 0 Å². The number of nitrogens with zero attached hydrogens (tertiary/aromatic N) is 1. The summed E-state index contributed by atoms with van der Waals surface area (Å²) in [7, 11) is 0. The lowest BCUT2D eigenvalue weighted by atomic mass is 9.81. The first kappa shape index (κ1) is 22.7. The summed E-state index contributed by atoms with van der Waals surface area (Å²) in [5.74, 6) is -0.627. The summed E-state index contributed by atoms with van der Waals surface area (Å²) in [4.78, 5) is 40.6. The first-order valence-corrected chi connectivity index (χ1v) is 12.7. The lowest BCUT2D eigenvalue weighted by molar-refractivity contribution is -0.140. The van der Waals surface area contributed by atoms with E-state index in [1.807, 2.05) is 17.5 Å². The Bertz CT molecular complexity index is 914. The van der Waals surface area contributed by atoms with E-state index < -0.39 is 0 Å².